The van der Waals surface area contributed by atoms with Crippen LogP contribution >= 0.6 is 0 Å². The van der Waals surface area contributed by atoms with Crippen molar-refractivity contribution in [3.05, 3.63) is 0 Å². The van der Waals surface area contributed by atoms with Crippen molar-refractivity contribution in [2.75, 3.05) is 40.8 Å². The highest BCUT2D eigenvalue weighted by Gasteiger charge is 2.58. The van der Waals surface area contributed by atoms with Crippen molar-refractivity contribution in [3.63, 3.8) is 0 Å². The molecule has 0 spiro atoms. The summed E-state index contributed by atoms with van der Waals surface area (Å²) < 4.78 is 4.74. The molecule has 0 aromatic carbocycles. The Morgan fingerprint density at radius 1 is 1.44 bits per heavy atom. The molecule has 5 heteroatoms. The molecule has 2 aliphatic rings. The zero-order valence-electron chi connectivity index (χ0n) is 11.4. The van der Waals surface area contributed by atoms with E-state index in [0.717, 1.165) is 26.1 Å². The molecule has 0 bridgehead atoms. The highest BCUT2D eigenvalue weighted by molar-refractivity contribution is 6.05. The van der Waals surface area contributed by atoms with Crippen molar-refractivity contribution in [2.45, 2.75) is 19.3 Å². The van der Waals surface area contributed by atoms with Crippen LogP contribution in [0.4, 0.5) is 0 Å². The molecule has 1 amide bonds. The maximum atomic E-state index is 12.3. The van der Waals surface area contributed by atoms with E-state index in [9.17, 15) is 9.59 Å². The Hall–Kier alpha value is -1.10. The molecule has 1 aliphatic heterocycles. The predicted molar refractivity (Wildman–Crippen MR) is 66.9 cm³/mol. The summed E-state index contributed by atoms with van der Waals surface area (Å²) in [7, 11) is 5.24. The number of rotatable bonds is 4. The molecule has 2 fully saturated rings. The largest absolute Gasteiger partial charge is 0.468 e. The van der Waals surface area contributed by atoms with Gasteiger partial charge in [0.05, 0.1) is 7.11 Å². The van der Waals surface area contributed by atoms with Gasteiger partial charge in [0, 0.05) is 20.1 Å². The first-order valence-corrected chi connectivity index (χ1v) is 6.52. The van der Waals surface area contributed by atoms with Crippen LogP contribution in [0.25, 0.3) is 0 Å². The Bertz CT molecular complexity index is 352. The fraction of sp³-hybridized carbons (Fsp3) is 0.846. The van der Waals surface area contributed by atoms with E-state index in [1.54, 1.807) is 11.9 Å². The van der Waals surface area contributed by atoms with Gasteiger partial charge >= 0.3 is 5.97 Å². The van der Waals surface area contributed by atoms with Crippen LogP contribution in [0.5, 0.6) is 0 Å². The van der Waals surface area contributed by atoms with Crippen LogP contribution in [0, 0.1) is 11.3 Å². The summed E-state index contributed by atoms with van der Waals surface area (Å²) in [5.74, 6) is 0.0872. The van der Waals surface area contributed by atoms with Gasteiger partial charge in [-0.05, 0) is 38.8 Å². The summed E-state index contributed by atoms with van der Waals surface area (Å²) in [4.78, 5) is 28.0. The molecular weight excluding hydrogens is 232 g/mol. The minimum atomic E-state index is -0.853. The number of esters is 1. The molecule has 5 nitrogen and oxygen atoms in total. The van der Waals surface area contributed by atoms with Crippen molar-refractivity contribution < 1.29 is 14.3 Å². The lowest BCUT2D eigenvalue weighted by Gasteiger charge is -2.24. The van der Waals surface area contributed by atoms with Crippen LogP contribution in [-0.2, 0) is 14.3 Å². The number of methoxy groups -OCH3 is 1. The fourth-order valence-corrected chi connectivity index (χ4v) is 2.84. The van der Waals surface area contributed by atoms with Gasteiger partial charge in [-0.2, -0.15) is 0 Å². The first-order chi connectivity index (χ1) is 8.49. The van der Waals surface area contributed by atoms with Crippen LogP contribution in [-0.4, -0.2) is 62.5 Å². The maximum absolute atomic E-state index is 12.3. The van der Waals surface area contributed by atoms with Gasteiger partial charge in [-0.3, -0.25) is 9.59 Å². The van der Waals surface area contributed by atoms with Gasteiger partial charge in [0.25, 0.3) is 0 Å². The summed E-state index contributed by atoms with van der Waals surface area (Å²) in [5, 5.41) is 0. The maximum Gasteiger partial charge on any atom is 0.321 e. The van der Waals surface area contributed by atoms with E-state index in [-0.39, 0.29) is 11.9 Å². The van der Waals surface area contributed by atoms with E-state index < -0.39 is 5.41 Å². The normalized spacial score (nSPS) is 25.8. The standard InChI is InChI=1S/C13H22N2O3/c1-14-7-4-10(8-14)9-15(2)11(16)13(5-6-13)12(17)18-3/h10H,4-9H2,1-3H3. The first-order valence-electron chi connectivity index (χ1n) is 6.52. The van der Waals surface area contributed by atoms with Crippen molar-refractivity contribution in [1.82, 2.24) is 9.80 Å². The van der Waals surface area contributed by atoms with Crippen molar-refractivity contribution in [2.24, 2.45) is 11.3 Å². The lowest BCUT2D eigenvalue weighted by atomic mass is 10.0. The average molecular weight is 254 g/mol. The van der Waals surface area contributed by atoms with E-state index in [1.165, 1.54) is 7.11 Å². The third-order valence-electron chi connectivity index (χ3n) is 4.10. The second kappa shape index (κ2) is 4.88. The van der Waals surface area contributed by atoms with Gasteiger partial charge in [0.1, 0.15) is 5.41 Å². The highest BCUT2D eigenvalue weighted by atomic mass is 16.5. The number of ether oxygens (including phenoxy) is 1. The number of carbonyl (C=O) groups is 2. The lowest BCUT2D eigenvalue weighted by Crippen LogP contribution is -2.41. The quantitative estimate of drug-likeness (QED) is 0.536. The Balaban J connectivity index is 1.91. The minimum absolute atomic E-state index is 0.0658. The predicted octanol–water partition coefficient (Wildman–Crippen LogP) is 0.350. The first kappa shape index (κ1) is 13.3. The monoisotopic (exact) mass is 254 g/mol. The number of nitrogens with zero attached hydrogens (tertiary/aromatic N) is 2. The summed E-state index contributed by atoms with van der Waals surface area (Å²) in [6.45, 7) is 2.86. The zero-order chi connectivity index (χ0) is 13.3. The van der Waals surface area contributed by atoms with Crippen molar-refractivity contribution >= 4 is 11.9 Å². The Labute approximate surface area is 108 Å². The van der Waals surface area contributed by atoms with Gasteiger partial charge in [-0.15, -0.1) is 0 Å². The molecule has 0 aromatic heterocycles. The summed E-state index contributed by atoms with van der Waals surface area (Å²) >= 11 is 0. The molecule has 1 aliphatic carbocycles. The van der Waals surface area contributed by atoms with E-state index in [4.69, 9.17) is 4.74 Å². The van der Waals surface area contributed by atoms with E-state index in [0.29, 0.717) is 18.8 Å². The second-order valence-electron chi connectivity index (χ2n) is 5.68. The SMILES string of the molecule is COC(=O)C1(C(=O)N(C)CC2CCN(C)C2)CC1. The highest BCUT2D eigenvalue weighted by Crippen LogP contribution is 2.48. The minimum Gasteiger partial charge on any atom is -0.468 e. The van der Waals surface area contributed by atoms with E-state index in [2.05, 4.69) is 11.9 Å². The van der Waals surface area contributed by atoms with E-state index in [1.807, 2.05) is 0 Å². The smallest absolute Gasteiger partial charge is 0.321 e. The summed E-state index contributed by atoms with van der Waals surface area (Å²) in [6.07, 6.45) is 2.39. The molecular formula is C13H22N2O3. The summed E-state index contributed by atoms with van der Waals surface area (Å²) in [5.41, 5.74) is -0.853. The second-order valence-corrected chi connectivity index (χ2v) is 5.68. The Morgan fingerprint density at radius 2 is 2.11 bits per heavy atom. The molecule has 2 rings (SSSR count). The Kier molecular flexibility index (Phi) is 3.61. The molecule has 1 unspecified atom stereocenters. The van der Waals surface area contributed by atoms with Gasteiger partial charge in [-0.25, -0.2) is 0 Å². The van der Waals surface area contributed by atoms with Gasteiger partial charge in [-0.1, -0.05) is 0 Å². The van der Waals surface area contributed by atoms with Crippen molar-refractivity contribution in [1.29, 1.82) is 0 Å². The number of amides is 1. The van der Waals surface area contributed by atoms with Gasteiger partial charge < -0.3 is 14.5 Å². The van der Waals surface area contributed by atoms with Crippen LogP contribution in [0.1, 0.15) is 19.3 Å². The molecule has 0 radical (unpaired) electrons. The van der Waals surface area contributed by atoms with Crippen LogP contribution < -0.4 is 0 Å². The zero-order valence-corrected chi connectivity index (χ0v) is 11.4. The third-order valence-corrected chi connectivity index (χ3v) is 4.10. The topological polar surface area (TPSA) is 49.9 Å². The number of hydrogen-bond acceptors (Lipinski definition) is 4. The van der Waals surface area contributed by atoms with Crippen LogP contribution in [0.2, 0.25) is 0 Å². The summed E-state index contributed by atoms with van der Waals surface area (Å²) in [6, 6.07) is 0. The number of hydrogen-bond donors (Lipinski definition) is 0. The van der Waals surface area contributed by atoms with Gasteiger partial charge in [0.2, 0.25) is 5.91 Å². The van der Waals surface area contributed by atoms with Crippen LogP contribution in [0.15, 0.2) is 0 Å². The molecule has 0 N–H and O–H groups in total. The number of carbonyl (C=O) groups excluding carboxylic acids is 2. The molecule has 102 valence electrons. The van der Waals surface area contributed by atoms with Gasteiger partial charge in [0.15, 0.2) is 0 Å². The Morgan fingerprint density at radius 3 is 2.56 bits per heavy atom. The molecule has 0 aromatic rings. The fourth-order valence-electron chi connectivity index (χ4n) is 2.84. The molecule has 1 saturated carbocycles. The lowest BCUT2D eigenvalue weighted by molar-refractivity contribution is -0.155. The van der Waals surface area contributed by atoms with E-state index >= 15 is 0 Å². The average Bonchev–Trinajstić information content (AvgIpc) is 3.07. The molecule has 18 heavy (non-hydrogen) atoms. The molecule has 1 saturated heterocycles. The van der Waals surface area contributed by atoms with Crippen LogP contribution in [0.3, 0.4) is 0 Å². The van der Waals surface area contributed by atoms with Crippen molar-refractivity contribution in [3.8, 4) is 0 Å². The number of likely N-dealkylation sites (tertiary alicyclic amines) is 1. The molecule has 1 heterocycles. The molecule has 1 atom stereocenters. The third kappa shape index (κ3) is 2.36.